The second-order valence-electron chi connectivity index (χ2n) is 6.23. The standard InChI is InChI=1S/C22H24N4O3/c1-28-18-7-9-19(10-8-18)29-14-13-23-21-16-25-20(15-26-21)22(27)24-12-11-17-5-3-2-4-6-17/h2-10,15-16H,11-14H2,1H3,(H,23,26)(H,24,27). The Labute approximate surface area is 170 Å². The molecule has 0 unspecified atom stereocenters. The number of nitrogens with one attached hydrogen (secondary N) is 2. The molecule has 0 aliphatic rings. The SMILES string of the molecule is COc1ccc(OCCNc2cnc(C(=O)NCCc3ccccc3)cn2)cc1. The third-order valence-electron chi connectivity index (χ3n) is 4.16. The van der Waals surface area contributed by atoms with E-state index in [0.29, 0.717) is 25.5 Å². The van der Waals surface area contributed by atoms with Crippen molar-refractivity contribution in [2.24, 2.45) is 0 Å². The predicted molar refractivity (Wildman–Crippen MR) is 111 cm³/mol. The summed E-state index contributed by atoms with van der Waals surface area (Å²) in [7, 11) is 1.63. The van der Waals surface area contributed by atoms with Crippen LogP contribution >= 0.6 is 0 Å². The molecule has 3 aromatic rings. The Morgan fingerprint density at radius 3 is 2.38 bits per heavy atom. The number of carbonyl (C=O) groups is 1. The molecule has 0 aliphatic carbocycles. The fourth-order valence-corrected chi connectivity index (χ4v) is 2.61. The van der Waals surface area contributed by atoms with Gasteiger partial charge >= 0.3 is 0 Å². The highest BCUT2D eigenvalue weighted by Gasteiger charge is 2.07. The molecule has 0 saturated carbocycles. The van der Waals surface area contributed by atoms with Crippen molar-refractivity contribution in [2.75, 3.05) is 32.1 Å². The first kappa shape index (κ1) is 20.1. The zero-order valence-corrected chi connectivity index (χ0v) is 16.3. The summed E-state index contributed by atoms with van der Waals surface area (Å²) in [5.74, 6) is 1.91. The fraction of sp³-hybridized carbons (Fsp3) is 0.227. The highest BCUT2D eigenvalue weighted by molar-refractivity contribution is 5.91. The molecular formula is C22H24N4O3. The van der Waals surface area contributed by atoms with E-state index in [1.54, 1.807) is 13.3 Å². The quantitative estimate of drug-likeness (QED) is 0.516. The van der Waals surface area contributed by atoms with Crippen LogP contribution in [-0.4, -0.2) is 42.7 Å². The highest BCUT2D eigenvalue weighted by Crippen LogP contribution is 2.16. The van der Waals surface area contributed by atoms with Crippen LogP contribution in [0, 0.1) is 0 Å². The average Bonchev–Trinajstić information content (AvgIpc) is 2.78. The highest BCUT2D eigenvalue weighted by atomic mass is 16.5. The van der Waals surface area contributed by atoms with Crippen LogP contribution in [0.5, 0.6) is 11.5 Å². The minimum atomic E-state index is -0.233. The van der Waals surface area contributed by atoms with E-state index in [4.69, 9.17) is 9.47 Å². The number of nitrogens with zero attached hydrogens (tertiary/aromatic N) is 2. The van der Waals surface area contributed by atoms with Crippen LogP contribution in [0.25, 0.3) is 0 Å². The molecule has 1 heterocycles. The number of ether oxygens (including phenoxy) is 2. The largest absolute Gasteiger partial charge is 0.497 e. The Morgan fingerprint density at radius 1 is 0.931 bits per heavy atom. The number of aromatic nitrogens is 2. The fourth-order valence-electron chi connectivity index (χ4n) is 2.61. The lowest BCUT2D eigenvalue weighted by atomic mass is 10.1. The van der Waals surface area contributed by atoms with Gasteiger partial charge in [0.25, 0.3) is 5.91 Å². The second-order valence-corrected chi connectivity index (χ2v) is 6.23. The maximum absolute atomic E-state index is 12.1. The van der Waals surface area contributed by atoms with Crippen molar-refractivity contribution in [2.45, 2.75) is 6.42 Å². The number of rotatable bonds is 10. The van der Waals surface area contributed by atoms with E-state index in [9.17, 15) is 4.79 Å². The lowest BCUT2D eigenvalue weighted by Gasteiger charge is -2.09. The van der Waals surface area contributed by atoms with E-state index in [0.717, 1.165) is 17.9 Å². The van der Waals surface area contributed by atoms with Crippen molar-refractivity contribution in [1.29, 1.82) is 0 Å². The van der Waals surface area contributed by atoms with Gasteiger partial charge in [-0.3, -0.25) is 4.79 Å². The molecule has 0 radical (unpaired) electrons. The molecule has 29 heavy (non-hydrogen) atoms. The minimum absolute atomic E-state index is 0.233. The molecule has 7 nitrogen and oxygen atoms in total. The Bertz CT molecular complexity index is 884. The summed E-state index contributed by atoms with van der Waals surface area (Å²) in [5.41, 5.74) is 1.47. The number of hydrogen-bond donors (Lipinski definition) is 2. The molecule has 3 rings (SSSR count). The van der Waals surface area contributed by atoms with Crippen LogP contribution in [-0.2, 0) is 6.42 Å². The molecule has 1 aromatic heterocycles. The Hall–Kier alpha value is -3.61. The maximum Gasteiger partial charge on any atom is 0.271 e. The Morgan fingerprint density at radius 2 is 1.69 bits per heavy atom. The summed E-state index contributed by atoms with van der Waals surface area (Å²) in [4.78, 5) is 20.5. The minimum Gasteiger partial charge on any atom is -0.497 e. The molecule has 0 bridgehead atoms. The molecular weight excluding hydrogens is 368 g/mol. The van der Waals surface area contributed by atoms with E-state index in [2.05, 4.69) is 20.6 Å². The van der Waals surface area contributed by atoms with Gasteiger partial charge in [0, 0.05) is 6.54 Å². The first-order valence-corrected chi connectivity index (χ1v) is 9.39. The second kappa shape index (κ2) is 10.7. The molecule has 0 fully saturated rings. The molecule has 7 heteroatoms. The Kier molecular flexibility index (Phi) is 7.40. The Balaban J connectivity index is 1.37. The van der Waals surface area contributed by atoms with E-state index < -0.39 is 0 Å². The van der Waals surface area contributed by atoms with Crippen molar-refractivity contribution < 1.29 is 14.3 Å². The van der Waals surface area contributed by atoms with Crippen molar-refractivity contribution in [1.82, 2.24) is 15.3 Å². The zero-order valence-electron chi connectivity index (χ0n) is 16.3. The summed E-state index contributed by atoms with van der Waals surface area (Å²) < 4.78 is 10.7. The topological polar surface area (TPSA) is 85.4 Å². The predicted octanol–water partition coefficient (Wildman–Crippen LogP) is 2.95. The molecule has 0 atom stereocenters. The first-order valence-electron chi connectivity index (χ1n) is 9.39. The van der Waals surface area contributed by atoms with Crippen LogP contribution < -0.4 is 20.1 Å². The lowest BCUT2D eigenvalue weighted by Crippen LogP contribution is -2.26. The van der Waals surface area contributed by atoms with Crippen molar-refractivity contribution in [3.05, 3.63) is 78.2 Å². The molecule has 1 amide bonds. The summed E-state index contributed by atoms with van der Waals surface area (Å²) in [6, 6.07) is 17.4. The first-order chi connectivity index (χ1) is 14.2. The third kappa shape index (κ3) is 6.49. The van der Waals surface area contributed by atoms with Crippen molar-refractivity contribution in [3.63, 3.8) is 0 Å². The zero-order chi connectivity index (χ0) is 20.3. The lowest BCUT2D eigenvalue weighted by molar-refractivity contribution is 0.0949. The molecule has 0 saturated heterocycles. The molecule has 0 aliphatic heterocycles. The van der Waals surface area contributed by atoms with Gasteiger partial charge in [0.15, 0.2) is 0 Å². The van der Waals surface area contributed by atoms with E-state index in [-0.39, 0.29) is 11.6 Å². The number of amides is 1. The molecule has 150 valence electrons. The third-order valence-corrected chi connectivity index (χ3v) is 4.16. The summed E-state index contributed by atoms with van der Waals surface area (Å²) in [6.07, 6.45) is 3.78. The van der Waals surface area contributed by atoms with E-state index in [1.807, 2.05) is 54.6 Å². The van der Waals surface area contributed by atoms with Gasteiger partial charge in [-0.1, -0.05) is 30.3 Å². The van der Waals surface area contributed by atoms with Crippen LogP contribution in [0.15, 0.2) is 67.0 Å². The average molecular weight is 392 g/mol. The smallest absolute Gasteiger partial charge is 0.271 e. The monoisotopic (exact) mass is 392 g/mol. The van der Waals surface area contributed by atoms with Gasteiger partial charge < -0.3 is 20.1 Å². The van der Waals surface area contributed by atoms with Crippen LogP contribution in [0.2, 0.25) is 0 Å². The number of carbonyl (C=O) groups excluding carboxylic acids is 1. The summed E-state index contributed by atoms with van der Waals surface area (Å²) in [5, 5.41) is 5.97. The van der Waals surface area contributed by atoms with Crippen LogP contribution in [0.4, 0.5) is 5.82 Å². The number of benzene rings is 2. The van der Waals surface area contributed by atoms with Crippen molar-refractivity contribution in [3.8, 4) is 11.5 Å². The van der Waals surface area contributed by atoms with E-state index >= 15 is 0 Å². The van der Waals surface area contributed by atoms with Gasteiger partial charge in [-0.15, -0.1) is 0 Å². The molecule has 2 N–H and O–H groups in total. The van der Waals surface area contributed by atoms with Gasteiger partial charge in [-0.25, -0.2) is 9.97 Å². The summed E-state index contributed by atoms with van der Waals surface area (Å²) >= 11 is 0. The van der Waals surface area contributed by atoms with Gasteiger partial charge in [-0.2, -0.15) is 0 Å². The molecule has 0 spiro atoms. The van der Waals surface area contributed by atoms with E-state index in [1.165, 1.54) is 11.8 Å². The van der Waals surface area contributed by atoms with Crippen LogP contribution in [0.1, 0.15) is 16.1 Å². The maximum atomic E-state index is 12.1. The number of methoxy groups -OCH3 is 1. The van der Waals surface area contributed by atoms with Gasteiger partial charge in [-0.05, 0) is 36.2 Å². The van der Waals surface area contributed by atoms with Crippen LogP contribution in [0.3, 0.4) is 0 Å². The van der Waals surface area contributed by atoms with Gasteiger partial charge in [0.05, 0.1) is 26.0 Å². The number of hydrogen-bond acceptors (Lipinski definition) is 6. The van der Waals surface area contributed by atoms with Crippen molar-refractivity contribution >= 4 is 11.7 Å². The van der Waals surface area contributed by atoms with Gasteiger partial charge in [0.2, 0.25) is 0 Å². The number of anilines is 1. The van der Waals surface area contributed by atoms with Gasteiger partial charge in [0.1, 0.15) is 29.6 Å². The molecule has 2 aromatic carbocycles. The normalized spacial score (nSPS) is 10.2. The summed E-state index contributed by atoms with van der Waals surface area (Å²) in [6.45, 7) is 1.58.